The molecule has 0 saturated heterocycles. The number of primary amides is 2. The number of carbonyl (C=O) groups excluding carboxylic acids is 3. The highest BCUT2D eigenvalue weighted by molar-refractivity contribution is 7.92. The van der Waals surface area contributed by atoms with E-state index in [1.54, 1.807) is 19.1 Å². The molecule has 0 aliphatic rings. The van der Waals surface area contributed by atoms with Gasteiger partial charge in [-0.25, -0.2) is 0 Å². The SMILES string of the molecule is CC[S+]([O-])N(CC(N)=O)c1cc(Cl)cc(C(=O)NCc2ccc(C(=N)N)cc2OCC(N)=O)c1. The third-order valence-electron chi connectivity index (χ3n) is 4.41. The molecule has 2 aromatic carbocycles. The lowest BCUT2D eigenvalue weighted by molar-refractivity contribution is -0.120. The average molecular weight is 509 g/mol. The number of hydrogen-bond donors (Lipinski definition) is 5. The summed E-state index contributed by atoms with van der Waals surface area (Å²) in [6.45, 7) is 0.964. The van der Waals surface area contributed by atoms with Crippen LogP contribution in [-0.2, 0) is 27.5 Å². The standard InChI is InChI=1S/C21H25ClN6O5S/c1-2-34(32)28(10-18(23)29)16-6-14(5-15(22)8-16)21(31)27-9-13-4-3-12(20(25)26)7-17(13)33-11-19(24)30/h3-8H,2,9-11H2,1H3,(H2,23,29)(H2,24,30)(H3,25,26)(H,27,31). The Balaban J connectivity index is 2.27. The Morgan fingerprint density at radius 2 is 1.82 bits per heavy atom. The number of nitrogens with one attached hydrogen (secondary N) is 2. The number of benzene rings is 2. The minimum absolute atomic E-state index is 0.00114. The molecule has 0 aliphatic heterocycles. The van der Waals surface area contributed by atoms with Gasteiger partial charge < -0.3 is 31.8 Å². The maximum atomic E-state index is 12.8. The Morgan fingerprint density at radius 1 is 1.12 bits per heavy atom. The maximum Gasteiger partial charge on any atom is 0.255 e. The molecule has 8 N–H and O–H groups in total. The molecule has 1 unspecified atom stereocenters. The van der Waals surface area contributed by atoms with Gasteiger partial charge in [-0.2, -0.15) is 4.31 Å². The molecule has 34 heavy (non-hydrogen) atoms. The second-order valence-electron chi connectivity index (χ2n) is 6.99. The van der Waals surface area contributed by atoms with Crippen LogP contribution in [0.3, 0.4) is 0 Å². The first kappa shape index (κ1) is 26.8. The molecule has 11 nitrogen and oxygen atoms in total. The van der Waals surface area contributed by atoms with E-state index < -0.39 is 35.7 Å². The van der Waals surface area contributed by atoms with Crippen molar-refractivity contribution in [3.8, 4) is 5.75 Å². The molecule has 0 heterocycles. The lowest BCUT2D eigenvalue weighted by Crippen LogP contribution is -2.39. The van der Waals surface area contributed by atoms with Gasteiger partial charge in [0.2, 0.25) is 5.91 Å². The summed E-state index contributed by atoms with van der Waals surface area (Å²) in [5.41, 5.74) is 17.2. The van der Waals surface area contributed by atoms with E-state index in [0.717, 1.165) is 0 Å². The van der Waals surface area contributed by atoms with Gasteiger partial charge in [-0.1, -0.05) is 23.7 Å². The normalized spacial score (nSPS) is 11.4. The number of nitrogen functional groups attached to an aromatic ring is 1. The van der Waals surface area contributed by atoms with Crippen LogP contribution in [0.1, 0.15) is 28.4 Å². The summed E-state index contributed by atoms with van der Waals surface area (Å²) >= 11 is 4.61. The van der Waals surface area contributed by atoms with Crippen LogP contribution >= 0.6 is 11.6 Å². The molecular formula is C21H25ClN6O5S. The van der Waals surface area contributed by atoms with Crippen LogP contribution in [0.4, 0.5) is 5.69 Å². The van der Waals surface area contributed by atoms with Gasteiger partial charge in [0.15, 0.2) is 6.61 Å². The van der Waals surface area contributed by atoms with E-state index in [9.17, 15) is 18.9 Å². The topological polar surface area (TPSA) is 201 Å². The second-order valence-corrected chi connectivity index (χ2v) is 9.08. The molecule has 13 heteroatoms. The quantitative estimate of drug-likeness (QED) is 0.155. The number of amides is 3. The smallest absolute Gasteiger partial charge is 0.255 e. The summed E-state index contributed by atoms with van der Waals surface area (Å²) in [5.74, 6) is -1.64. The summed E-state index contributed by atoms with van der Waals surface area (Å²) in [7, 11) is 0. The van der Waals surface area contributed by atoms with Gasteiger partial charge in [0.25, 0.3) is 11.8 Å². The molecule has 0 aliphatic carbocycles. The number of nitrogens with two attached hydrogens (primary N) is 3. The molecular weight excluding hydrogens is 484 g/mol. The van der Waals surface area contributed by atoms with E-state index in [1.165, 1.54) is 28.6 Å². The van der Waals surface area contributed by atoms with Gasteiger partial charge in [0, 0.05) is 28.3 Å². The lowest BCUT2D eigenvalue weighted by atomic mass is 10.1. The number of halogens is 1. The second kappa shape index (κ2) is 12.1. The van der Waals surface area contributed by atoms with Crippen molar-refractivity contribution in [1.82, 2.24) is 5.32 Å². The van der Waals surface area contributed by atoms with Crippen LogP contribution in [0.2, 0.25) is 5.02 Å². The van der Waals surface area contributed by atoms with Crippen LogP contribution in [0.5, 0.6) is 5.75 Å². The van der Waals surface area contributed by atoms with E-state index in [-0.39, 0.29) is 41.0 Å². The molecule has 0 fully saturated rings. The van der Waals surface area contributed by atoms with Crippen molar-refractivity contribution in [1.29, 1.82) is 5.41 Å². The van der Waals surface area contributed by atoms with Gasteiger partial charge in [0.1, 0.15) is 23.9 Å². The largest absolute Gasteiger partial charge is 0.593 e. The zero-order valence-electron chi connectivity index (χ0n) is 18.3. The molecule has 0 saturated carbocycles. The van der Waals surface area contributed by atoms with Crippen molar-refractivity contribution in [3.05, 3.63) is 58.1 Å². The molecule has 0 bridgehead atoms. The summed E-state index contributed by atoms with van der Waals surface area (Å²) < 4.78 is 19.0. The summed E-state index contributed by atoms with van der Waals surface area (Å²) in [6, 6.07) is 8.97. The molecule has 0 radical (unpaired) electrons. The van der Waals surface area contributed by atoms with Gasteiger partial charge >= 0.3 is 0 Å². The highest BCUT2D eigenvalue weighted by Crippen LogP contribution is 2.26. The first-order valence-corrected chi connectivity index (χ1v) is 11.6. The van der Waals surface area contributed by atoms with Crippen LogP contribution in [-0.4, -0.2) is 47.0 Å². The summed E-state index contributed by atoms with van der Waals surface area (Å²) in [4.78, 5) is 35.4. The van der Waals surface area contributed by atoms with Gasteiger partial charge in [-0.05, 0) is 31.2 Å². The van der Waals surface area contributed by atoms with Crippen LogP contribution in [0.15, 0.2) is 36.4 Å². The summed E-state index contributed by atoms with van der Waals surface area (Å²) in [6.07, 6.45) is 0. The fourth-order valence-corrected chi connectivity index (χ4v) is 4.01. The van der Waals surface area contributed by atoms with Gasteiger partial charge in [-0.3, -0.25) is 19.8 Å². The Bertz CT molecular complexity index is 1100. The van der Waals surface area contributed by atoms with E-state index >= 15 is 0 Å². The number of nitrogens with zero attached hydrogens (tertiary/aromatic N) is 1. The van der Waals surface area contributed by atoms with Gasteiger partial charge in [0.05, 0.1) is 17.0 Å². The predicted molar refractivity (Wildman–Crippen MR) is 130 cm³/mol. The van der Waals surface area contributed by atoms with Crippen molar-refractivity contribution in [2.75, 3.05) is 23.2 Å². The van der Waals surface area contributed by atoms with Crippen LogP contribution in [0, 0.1) is 5.41 Å². The Hall–Kier alpha value is -3.48. The van der Waals surface area contributed by atoms with Crippen molar-refractivity contribution in [2.45, 2.75) is 13.5 Å². The molecule has 0 aromatic heterocycles. The zero-order chi connectivity index (χ0) is 25.4. The number of anilines is 1. The Kier molecular flexibility index (Phi) is 9.54. The van der Waals surface area contributed by atoms with Crippen molar-refractivity contribution >= 4 is 52.2 Å². The highest BCUT2D eigenvalue weighted by atomic mass is 35.5. The molecule has 1 atom stereocenters. The minimum Gasteiger partial charge on any atom is -0.593 e. The molecule has 2 rings (SSSR count). The lowest BCUT2D eigenvalue weighted by Gasteiger charge is -2.24. The number of ether oxygens (including phenoxy) is 1. The zero-order valence-corrected chi connectivity index (χ0v) is 19.9. The van der Waals surface area contributed by atoms with Crippen LogP contribution in [0.25, 0.3) is 0 Å². The molecule has 182 valence electrons. The van der Waals surface area contributed by atoms with Crippen molar-refractivity contribution in [3.63, 3.8) is 0 Å². The van der Waals surface area contributed by atoms with Crippen molar-refractivity contribution < 1.29 is 23.7 Å². The fourth-order valence-electron chi connectivity index (χ4n) is 2.86. The minimum atomic E-state index is -1.55. The molecule has 0 spiro atoms. The number of carbonyl (C=O) groups is 3. The number of rotatable bonds is 12. The van der Waals surface area contributed by atoms with E-state index in [1.807, 2.05) is 0 Å². The van der Waals surface area contributed by atoms with Crippen LogP contribution < -0.4 is 31.6 Å². The van der Waals surface area contributed by atoms with E-state index in [0.29, 0.717) is 16.8 Å². The van der Waals surface area contributed by atoms with Crippen molar-refractivity contribution in [2.24, 2.45) is 17.2 Å². The molecule has 3 amide bonds. The van der Waals surface area contributed by atoms with Gasteiger partial charge in [-0.15, -0.1) is 0 Å². The average Bonchev–Trinajstić information content (AvgIpc) is 2.78. The molecule has 2 aromatic rings. The highest BCUT2D eigenvalue weighted by Gasteiger charge is 2.23. The van der Waals surface area contributed by atoms with E-state index in [2.05, 4.69) is 5.32 Å². The monoisotopic (exact) mass is 508 g/mol. The predicted octanol–water partition coefficient (Wildman–Crippen LogP) is 0.393. The fraction of sp³-hybridized carbons (Fsp3) is 0.238. The third-order valence-corrected chi connectivity index (χ3v) is 5.96. The summed E-state index contributed by atoms with van der Waals surface area (Å²) in [5, 5.41) is 10.5. The number of hydrogen-bond acceptors (Lipinski definition) is 7. The van der Waals surface area contributed by atoms with E-state index in [4.69, 9.17) is 38.9 Å². The first-order valence-electron chi connectivity index (χ1n) is 9.93. The Morgan fingerprint density at radius 3 is 2.41 bits per heavy atom. The number of amidine groups is 1. The Labute approximate surface area is 204 Å². The maximum absolute atomic E-state index is 12.8. The third kappa shape index (κ3) is 7.54. The first-order chi connectivity index (χ1) is 16.0.